The van der Waals surface area contributed by atoms with E-state index in [0.29, 0.717) is 27.5 Å². The molecule has 0 radical (unpaired) electrons. The molecule has 2 rings (SSSR count). The number of hydrogen-bond donors (Lipinski definition) is 0. The Hall–Kier alpha value is -2.67. The van der Waals surface area contributed by atoms with Gasteiger partial charge in [-0.05, 0) is 30.3 Å². The first-order valence-corrected chi connectivity index (χ1v) is 9.24. The van der Waals surface area contributed by atoms with Gasteiger partial charge in [-0.2, -0.15) is 0 Å². The highest BCUT2D eigenvalue weighted by Gasteiger charge is 2.16. The van der Waals surface area contributed by atoms with E-state index in [1.807, 2.05) is 6.07 Å². The third kappa shape index (κ3) is 5.65. The number of esters is 1. The standard InChI is InChI=1S/C20H23NO5S/c1-21(2)19(22)13-27-18-8-6-5-7-16(18)20(23)26-12-14-11-15(24-3)9-10-17(14)25-4/h5-11H,12-13H2,1-4H3. The second-order valence-corrected chi connectivity index (χ2v) is 6.84. The third-order valence-corrected chi connectivity index (χ3v) is 4.86. The molecular weight excluding hydrogens is 366 g/mol. The van der Waals surface area contributed by atoms with Crippen LogP contribution in [0.15, 0.2) is 47.4 Å². The molecule has 0 atom stereocenters. The fourth-order valence-corrected chi connectivity index (χ4v) is 3.26. The fraction of sp³-hybridized carbons (Fsp3) is 0.300. The Morgan fingerprint density at radius 1 is 1.04 bits per heavy atom. The SMILES string of the molecule is COc1ccc(OC)c(COC(=O)c2ccccc2SCC(=O)N(C)C)c1. The van der Waals surface area contributed by atoms with Gasteiger partial charge in [0.05, 0.1) is 25.5 Å². The Bertz CT molecular complexity index is 807. The normalized spacial score (nSPS) is 10.2. The van der Waals surface area contributed by atoms with Gasteiger partial charge in [-0.1, -0.05) is 12.1 Å². The van der Waals surface area contributed by atoms with E-state index >= 15 is 0 Å². The van der Waals surface area contributed by atoms with Crippen LogP contribution in [0.1, 0.15) is 15.9 Å². The molecule has 0 unspecified atom stereocenters. The summed E-state index contributed by atoms with van der Waals surface area (Å²) in [5, 5.41) is 0. The predicted octanol–water partition coefficient (Wildman–Crippen LogP) is 3.24. The summed E-state index contributed by atoms with van der Waals surface area (Å²) < 4.78 is 16.0. The second kappa shape index (κ2) is 9.87. The van der Waals surface area contributed by atoms with Crippen molar-refractivity contribution in [1.29, 1.82) is 0 Å². The summed E-state index contributed by atoms with van der Waals surface area (Å²) >= 11 is 1.31. The summed E-state index contributed by atoms with van der Waals surface area (Å²) in [5.74, 6) is 1.04. The van der Waals surface area contributed by atoms with Crippen molar-refractivity contribution >= 4 is 23.6 Å². The van der Waals surface area contributed by atoms with Crippen LogP contribution in [0.3, 0.4) is 0 Å². The largest absolute Gasteiger partial charge is 0.497 e. The molecule has 0 N–H and O–H groups in total. The predicted molar refractivity (Wildman–Crippen MR) is 105 cm³/mol. The number of rotatable bonds is 8. The summed E-state index contributed by atoms with van der Waals surface area (Å²) in [6.45, 7) is 0.0504. The molecule has 0 spiro atoms. The molecule has 0 fully saturated rings. The number of carbonyl (C=O) groups excluding carboxylic acids is 2. The Morgan fingerprint density at radius 3 is 2.44 bits per heavy atom. The molecule has 0 aromatic heterocycles. The van der Waals surface area contributed by atoms with Crippen molar-refractivity contribution in [3.8, 4) is 11.5 Å². The number of amides is 1. The molecule has 7 heteroatoms. The molecule has 0 heterocycles. The first-order valence-electron chi connectivity index (χ1n) is 8.26. The maximum Gasteiger partial charge on any atom is 0.339 e. The van der Waals surface area contributed by atoms with E-state index in [-0.39, 0.29) is 18.3 Å². The number of carbonyl (C=O) groups is 2. The number of benzene rings is 2. The molecule has 2 aromatic rings. The Morgan fingerprint density at radius 2 is 1.78 bits per heavy atom. The number of nitrogens with zero attached hydrogens (tertiary/aromatic N) is 1. The molecule has 144 valence electrons. The van der Waals surface area contributed by atoms with Gasteiger partial charge in [0.25, 0.3) is 0 Å². The zero-order valence-electron chi connectivity index (χ0n) is 15.9. The maximum absolute atomic E-state index is 12.6. The molecular formula is C20H23NO5S. The molecule has 6 nitrogen and oxygen atoms in total. The lowest BCUT2D eigenvalue weighted by Gasteiger charge is -2.13. The molecule has 1 amide bonds. The van der Waals surface area contributed by atoms with Gasteiger partial charge in [-0.15, -0.1) is 11.8 Å². The van der Waals surface area contributed by atoms with Crippen molar-refractivity contribution in [2.45, 2.75) is 11.5 Å². The highest BCUT2D eigenvalue weighted by Crippen LogP contribution is 2.27. The number of hydrogen-bond acceptors (Lipinski definition) is 6. The topological polar surface area (TPSA) is 65.1 Å². The minimum absolute atomic E-state index is 0.0238. The third-order valence-electron chi connectivity index (χ3n) is 3.80. The van der Waals surface area contributed by atoms with Gasteiger partial charge < -0.3 is 19.1 Å². The Balaban J connectivity index is 2.09. The van der Waals surface area contributed by atoms with Crippen molar-refractivity contribution < 1.29 is 23.8 Å². The van der Waals surface area contributed by atoms with E-state index < -0.39 is 5.97 Å². The van der Waals surface area contributed by atoms with Crippen LogP contribution in [0.2, 0.25) is 0 Å². The lowest BCUT2D eigenvalue weighted by molar-refractivity contribution is -0.125. The van der Waals surface area contributed by atoms with E-state index in [4.69, 9.17) is 14.2 Å². The van der Waals surface area contributed by atoms with Gasteiger partial charge in [-0.3, -0.25) is 4.79 Å². The van der Waals surface area contributed by atoms with Gasteiger partial charge in [0, 0.05) is 24.6 Å². The van der Waals surface area contributed by atoms with E-state index in [1.165, 1.54) is 16.7 Å². The van der Waals surface area contributed by atoms with Crippen LogP contribution in [-0.2, 0) is 16.1 Å². The number of methoxy groups -OCH3 is 2. The average molecular weight is 389 g/mol. The van der Waals surface area contributed by atoms with Crippen molar-refractivity contribution in [3.63, 3.8) is 0 Å². The van der Waals surface area contributed by atoms with E-state index in [1.54, 1.807) is 64.7 Å². The van der Waals surface area contributed by atoms with Gasteiger partial charge in [0.1, 0.15) is 18.1 Å². The van der Waals surface area contributed by atoms with Crippen molar-refractivity contribution in [3.05, 3.63) is 53.6 Å². The van der Waals surface area contributed by atoms with Crippen LogP contribution < -0.4 is 9.47 Å². The number of ether oxygens (including phenoxy) is 3. The summed E-state index contributed by atoms with van der Waals surface area (Å²) in [6.07, 6.45) is 0. The van der Waals surface area contributed by atoms with E-state index in [9.17, 15) is 9.59 Å². The van der Waals surface area contributed by atoms with Crippen molar-refractivity contribution in [2.75, 3.05) is 34.1 Å². The first kappa shape index (κ1) is 20.6. The zero-order chi connectivity index (χ0) is 19.8. The van der Waals surface area contributed by atoms with Gasteiger partial charge in [-0.25, -0.2) is 4.79 Å². The molecule has 0 aliphatic rings. The summed E-state index contributed by atoms with van der Waals surface area (Å²) in [6, 6.07) is 12.4. The van der Waals surface area contributed by atoms with Gasteiger partial charge in [0.15, 0.2) is 0 Å². The Labute approximate surface area is 163 Å². The monoisotopic (exact) mass is 389 g/mol. The highest BCUT2D eigenvalue weighted by atomic mass is 32.2. The highest BCUT2D eigenvalue weighted by molar-refractivity contribution is 8.00. The maximum atomic E-state index is 12.6. The van der Waals surface area contributed by atoms with Crippen LogP contribution in [0.25, 0.3) is 0 Å². The lowest BCUT2D eigenvalue weighted by Crippen LogP contribution is -2.23. The summed E-state index contributed by atoms with van der Waals surface area (Å²) in [5.41, 5.74) is 1.13. The smallest absolute Gasteiger partial charge is 0.339 e. The molecule has 0 aliphatic carbocycles. The van der Waals surface area contributed by atoms with Crippen molar-refractivity contribution in [2.24, 2.45) is 0 Å². The first-order chi connectivity index (χ1) is 13.0. The second-order valence-electron chi connectivity index (χ2n) is 5.83. The summed E-state index contributed by atoms with van der Waals surface area (Å²) in [4.78, 5) is 26.6. The minimum Gasteiger partial charge on any atom is -0.497 e. The summed E-state index contributed by atoms with van der Waals surface area (Å²) in [7, 11) is 6.52. The van der Waals surface area contributed by atoms with Crippen molar-refractivity contribution in [1.82, 2.24) is 4.90 Å². The van der Waals surface area contributed by atoms with Crippen LogP contribution in [-0.4, -0.2) is 50.8 Å². The Kier molecular flexibility index (Phi) is 7.55. The zero-order valence-corrected chi connectivity index (χ0v) is 16.7. The molecule has 2 aromatic carbocycles. The van der Waals surface area contributed by atoms with Gasteiger partial charge >= 0.3 is 5.97 Å². The average Bonchev–Trinajstić information content (AvgIpc) is 2.69. The fourth-order valence-electron chi connectivity index (χ4n) is 2.25. The molecule has 27 heavy (non-hydrogen) atoms. The lowest BCUT2D eigenvalue weighted by atomic mass is 10.2. The minimum atomic E-state index is -0.458. The molecule has 0 saturated carbocycles. The van der Waals surface area contributed by atoms with Crippen LogP contribution in [0, 0.1) is 0 Å². The quantitative estimate of drug-likeness (QED) is 0.510. The number of thioether (sulfide) groups is 1. The van der Waals surface area contributed by atoms with E-state index in [2.05, 4.69) is 0 Å². The van der Waals surface area contributed by atoms with Crippen LogP contribution in [0.4, 0.5) is 0 Å². The van der Waals surface area contributed by atoms with Crippen LogP contribution in [0.5, 0.6) is 11.5 Å². The van der Waals surface area contributed by atoms with E-state index in [0.717, 1.165) is 0 Å². The molecule has 0 bridgehead atoms. The molecule has 0 saturated heterocycles. The van der Waals surface area contributed by atoms with Crippen LogP contribution >= 0.6 is 11.8 Å². The van der Waals surface area contributed by atoms with Gasteiger partial charge in [0.2, 0.25) is 5.91 Å². The molecule has 0 aliphatic heterocycles.